The molecule has 31 heavy (non-hydrogen) atoms. The van der Waals surface area contributed by atoms with Crippen LogP contribution in [0, 0.1) is 18.6 Å². The summed E-state index contributed by atoms with van der Waals surface area (Å²) in [5, 5.41) is 6.77. The number of nitrogens with zero attached hydrogens (tertiary/aromatic N) is 2. The van der Waals surface area contributed by atoms with Crippen LogP contribution >= 0.6 is 0 Å². The molecule has 1 aliphatic rings. The predicted molar refractivity (Wildman–Crippen MR) is 111 cm³/mol. The van der Waals surface area contributed by atoms with E-state index in [0.29, 0.717) is 18.5 Å². The first-order chi connectivity index (χ1) is 14.6. The summed E-state index contributed by atoms with van der Waals surface area (Å²) in [4.78, 5) is 14.2. The number of sulfonamides is 1. The number of nitrogens with one attached hydrogen (secondary N) is 2. The van der Waals surface area contributed by atoms with Crippen LogP contribution in [-0.4, -0.2) is 49.9 Å². The number of anilines is 1. The maximum absolute atomic E-state index is 14.5. The molecule has 2 aromatic carbocycles. The maximum Gasteiger partial charge on any atom is 0.323 e. The third-order valence-corrected chi connectivity index (χ3v) is 5.79. The molecule has 2 amide bonds. The number of hydrogen-bond donors (Lipinski definition) is 2. The van der Waals surface area contributed by atoms with Crippen molar-refractivity contribution in [1.82, 2.24) is 14.8 Å². The Bertz CT molecular complexity index is 1260. The molecule has 3 aromatic rings. The zero-order chi connectivity index (χ0) is 22.3. The van der Waals surface area contributed by atoms with Crippen LogP contribution in [0.25, 0.3) is 22.1 Å². The molecule has 0 spiro atoms. The van der Waals surface area contributed by atoms with Crippen molar-refractivity contribution in [3.8, 4) is 11.1 Å². The van der Waals surface area contributed by atoms with Gasteiger partial charge in [0, 0.05) is 24.7 Å². The molecule has 1 fully saturated rings. The van der Waals surface area contributed by atoms with Crippen LogP contribution in [0.5, 0.6) is 0 Å². The highest BCUT2D eigenvalue weighted by atomic mass is 32.2. The van der Waals surface area contributed by atoms with E-state index in [2.05, 4.69) is 15.2 Å². The number of aryl methyl sites for hydroxylation is 1. The van der Waals surface area contributed by atoms with Crippen LogP contribution in [0.4, 0.5) is 19.4 Å². The summed E-state index contributed by atoms with van der Waals surface area (Å²) in [6.07, 6.45) is 1.52. The van der Waals surface area contributed by atoms with Crippen LogP contribution in [0.3, 0.4) is 0 Å². The number of carbonyl (C=O) groups is 1. The Balaban J connectivity index is 1.66. The second-order valence-electron chi connectivity index (χ2n) is 7.57. The number of urea groups is 1. The number of carbonyl (C=O) groups excluding carboxylic acids is 1. The number of aromatic nitrogens is 1. The van der Waals surface area contributed by atoms with E-state index in [9.17, 15) is 22.0 Å². The molecule has 0 unspecified atom stereocenters. The lowest BCUT2D eigenvalue weighted by Gasteiger charge is -2.17. The molecule has 0 aliphatic carbocycles. The van der Waals surface area contributed by atoms with E-state index in [-0.39, 0.29) is 40.5 Å². The molecule has 2 heterocycles. The molecule has 1 aromatic heterocycles. The van der Waals surface area contributed by atoms with Gasteiger partial charge in [-0.1, -0.05) is 17.3 Å². The molecule has 0 bridgehead atoms. The molecule has 1 saturated heterocycles. The standard InChI is InChI=1S/C20H20F2N4O4S/c1-11-8-13(17-14(21)4-3-5-15(17)22)18-16(9-11)30-24-19(18)23-20(27)26-7-6-12(10-26)25-31(2,28)29/h3-5,8-9,12,25H,6-7,10H2,1-2H3,(H,23,24,27)/t12-/m0/s1. The van der Waals surface area contributed by atoms with Gasteiger partial charge in [-0.15, -0.1) is 0 Å². The number of halogens is 2. The minimum Gasteiger partial charge on any atom is -0.354 e. The van der Waals surface area contributed by atoms with E-state index >= 15 is 0 Å². The van der Waals surface area contributed by atoms with Gasteiger partial charge >= 0.3 is 6.03 Å². The van der Waals surface area contributed by atoms with E-state index < -0.39 is 27.7 Å². The minimum absolute atomic E-state index is 0.0252. The van der Waals surface area contributed by atoms with Gasteiger partial charge in [-0.3, -0.25) is 5.32 Å². The van der Waals surface area contributed by atoms with Gasteiger partial charge in [-0.25, -0.2) is 26.7 Å². The Morgan fingerprint density at radius 1 is 1.26 bits per heavy atom. The van der Waals surface area contributed by atoms with Crippen LogP contribution in [-0.2, 0) is 10.0 Å². The lowest BCUT2D eigenvalue weighted by atomic mass is 9.98. The van der Waals surface area contributed by atoms with E-state index in [1.165, 1.54) is 11.0 Å². The molecule has 1 aliphatic heterocycles. The van der Waals surface area contributed by atoms with E-state index in [4.69, 9.17) is 4.52 Å². The third-order valence-electron chi connectivity index (χ3n) is 5.03. The summed E-state index contributed by atoms with van der Waals surface area (Å²) in [5.74, 6) is -1.48. The van der Waals surface area contributed by atoms with Gasteiger partial charge in [0.05, 0.1) is 17.2 Å². The molecule has 11 heteroatoms. The molecule has 4 rings (SSSR count). The molecule has 8 nitrogen and oxygen atoms in total. The fourth-order valence-corrected chi connectivity index (χ4v) is 4.57. The Hall–Kier alpha value is -3.05. The second kappa shape index (κ2) is 7.89. The van der Waals surface area contributed by atoms with E-state index in [1.807, 2.05) is 0 Å². The number of amides is 2. The van der Waals surface area contributed by atoms with Gasteiger partial charge in [-0.2, -0.15) is 0 Å². The maximum atomic E-state index is 14.5. The summed E-state index contributed by atoms with van der Waals surface area (Å²) < 4.78 is 59.5. The molecule has 164 valence electrons. The number of likely N-dealkylation sites (tertiary alicyclic amines) is 1. The van der Waals surface area contributed by atoms with E-state index in [0.717, 1.165) is 18.4 Å². The van der Waals surface area contributed by atoms with Gasteiger partial charge in [0.15, 0.2) is 11.4 Å². The number of fused-ring (bicyclic) bond motifs is 1. The first-order valence-corrected chi connectivity index (χ1v) is 11.4. The van der Waals surface area contributed by atoms with Crippen molar-refractivity contribution in [2.75, 3.05) is 24.7 Å². The van der Waals surface area contributed by atoms with Gasteiger partial charge in [0.25, 0.3) is 0 Å². The van der Waals surface area contributed by atoms with E-state index in [1.54, 1.807) is 19.1 Å². The van der Waals surface area contributed by atoms with Gasteiger partial charge in [-0.05, 0) is 37.1 Å². The van der Waals surface area contributed by atoms with Crippen LogP contribution in [0.1, 0.15) is 12.0 Å². The average molecular weight is 450 g/mol. The van der Waals surface area contributed by atoms with Crippen molar-refractivity contribution >= 4 is 32.8 Å². The molecule has 0 saturated carbocycles. The van der Waals surface area contributed by atoms with Gasteiger partial charge in [0.1, 0.15) is 11.6 Å². The fraction of sp³-hybridized carbons (Fsp3) is 0.300. The summed E-state index contributed by atoms with van der Waals surface area (Å²) in [7, 11) is -3.39. The zero-order valence-electron chi connectivity index (χ0n) is 16.8. The average Bonchev–Trinajstić information content (AvgIpc) is 3.27. The second-order valence-corrected chi connectivity index (χ2v) is 9.35. The molecular formula is C20H20F2N4O4S. The van der Waals surface area contributed by atoms with Crippen molar-refractivity contribution in [2.45, 2.75) is 19.4 Å². The number of hydrogen-bond acceptors (Lipinski definition) is 5. The molecule has 2 N–H and O–H groups in total. The number of benzene rings is 2. The van der Waals surface area contributed by atoms with Crippen LogP contribution in [0.2, 0.25) is 0 Å². The smallest absolute Gasteiger partial charge is 0.323 e. The van der Waals surface area contributed by atoms with Crippen molar-refractivity contribution in [1.29, 1.82) is 0 Å². The van der Waals surface area contributed by atoms with Crippen LogP contribution in [0.15, 0.2) is 34.9 Å². The van der Waals surface area contributed by atoms with Gasteiger partial charge < -0.3 is 9.42 Å². The topological polar surface area (TPSA) is 105 Å². The van der Waals surface area contributed by atoms with Crippen molar-refractivity contribution < 1.29 is 26.5 Å². The molecule has 1 atom stereocenters. The highest BCUT2D eigenvalue weighted by Crippen LogP contribution is 2.37. The zero-order valence-corrected chi connectivity index (χ0v) is 17.6. The van der Waals surface area contributed by atoms with Crippen molar-refractivity contribution in [3.05, 3.63) is 47.5 Å². The largest absolute Gasteiger partial charge is 0.354 e. The molecule has 0 radical (unpaired) electrons. The van der Waals surface area contributed by atoms with Crippen LogP contribution < -0.4 is 10.0 Å². The van der Waals surface area contributed by atoms with Gasteiger partial charge in [0.2, 0.25) is 10.0 Å². The van der Waals surface area contributed by atoms with Crippen molar-refractivity contribution in [3.63, 3.8) is 0 Å². The summed E-state index contributed by atoms with van der Waals surface area (Å²) in [5.41, 5.74) is 0.938. The number of rotatable bonds is 4. The SMILES string of the molecule is Cc1cc(-c2c(F)cccc2F)c2c(NC(=O)N3CC[C@H](NS(C)(=O)=O)C3)noc2c1. The lowest BCUT2D eigenvalue weighted by Crippen LogP contribution is -2.39. The highest BCUT2D eigenvalue weighted by Gasteiger charge is 2.29. The minimum atomic E-state index is -3.39. The predicted octanol–water partition coefficient (Wildman–Crippen LogP) is 3.24. The summed E-state index contributed by atoms with van der Waals surface area (Å²) in [6.45, 7) is 2.27. The monoisotopic (exact) mass is 450 g/mol. The first-order valence-electron chi connectivity index (χ1n) is 9.50. The Labute approximate surface area is 177 Å². The summed E-state index contributed by atoms with van der Waals surface area (Å²) in [6, 6.07) is 5.91. The third kappa shape index (κ3) is 4.37. The first kappa shape index (κ1) is 21.2. The highest BCUT2D eigenvalue weighted by molar-refractivity contribution is 7.88. The Morgan fingerprint density at radius 2 is 1.97 bits per heavy atom. The quantitative estimate of drug-likeness (QED) is 0.635. The Morgan fingerprint density at radius 3 is 2.65 bits per heavy atom. The normalized spacial score (nSPS) is 16.8. The lowest BCUT2D eigenvalue weighted by molar-refractivity contribution is 0.221. The Kier molecular flexibility index (Phi) is 5.40. The molecular weight excluding hydrogens is 430 g/mol. The fourth-order valence-electron chi connectivity index (χ4n) is 3.77. The van der Waals surface area contributed by atoms with Crippen molar-refractivity contribution in [2.24, 2.45) is 0 Å². The summed E-state index contributed by atoms with van der Waals surface area (Å²) >= 11 is 0.